The lowest BCUT2D eigenvalue weighted by Crippen LogP contribution is -2.00. The van der Waals surface area contributed by atoms with Gasteiger partial charge in [0.2, 0.25) is 5.89 Å². The van der Waals surface area contributed by atoms with Crippen molar-refractivity contribution in [1.29, 1.82) is 0 Å². The number of oxazole rings is 1. The Balaban J connectivity index is 1.14. The second kappa shape index (κ2) is 10.9. The summed E-state index contributed by atoms with van der Waals surface area (Å²) in [5, 5.41) is 2.42. The number of rotatable bonds is 5. The van der Waals surface area contributed by atoms with E-state index in [1.165, 1.54) is 25.7 Å². The molecule has 6 heteroatoms. The van der Waals surface area contributed by atoms with E-state index in [0.29, 0.717) is 23.4 Å². The molecule has 0 saturated carbocycles. The molecule has 46 heavy (non-hydrogen) atoms. The van der Waals surface area contributed by atoms with Crippen LogP contribution in [0.15, 0.2) is 150 Å². The van der Waals surface area contributed by atoms with Crippen molar-refractivity contribution in [2.24, 2.45) is 0 Å². The molecule has 0 saturated heterocycles. The Morgan fingerprint density at radius 2 is 0.891 bits per heavy atom. The Hall–Kier alpha value is -5.98. The first-order chi connectivity index (χ1) is 22.8. The molecular weight excluding hydrogens is 585 g/mol. The zero-order chi connectivity index (χ0) is 30.5. The van der Waals surface area contributed by atoms with E-state index in [9.17, 15) is 0 Å². The zero-order valence-electron chi connectivity index (χ0n) is 24.5. The van der Waals surface area contributed by atoms with E-state index >= 15 is 0 Å². The molecule has 0 aliphatic rings. The molecule has 0 radical (unpaired) electrons. The molecule has 0 bridgehead atoms. The fourth-order valence-electron chi connectivity index (χ4n) is 5.94. The van der Waals surface area contributed by atoms with Gasteiger partial charge >= 0.3 is 0 Å². The summed E-state index contributed by atoms with van der Waals surface area (Å²) < 4.78 is 8.58. The predicted molar refractivity (Wildman–Crippen MR) is 187 cm³/mol. The molecule has 0 aliphatic heterocycles. The Kier molecular flexibility index (Phi) is 6.25. The number of hydrogen-bond acceptors (Lipinski definition) is 6. The van der Waals surface area contributed by atoms with Gasteiger partial charge in [0, 0.05) is 36.9 Å². The van der Waals surface area contributed by atoms with Crippen LogP contribution in [-0.2, 0) is 0 Å². The molecule has 0 amide bonds. The first kappa shape index (κ1) is 26.4. The number of para-hydroxylation sites is 2. The fourth-order valence-corrected chi connectivity index (χ4v) is 7.28. The van der Waals surface area contributed by atoms with Crippen LogP contribution >= 0.6 is 11.3 Å². The highest BCUT2D eigenvalue weighted by atomic mass is 32.1. The third kappa shape index (κ3) is 4.55. The van der Waals surface area contributed by atoms with Gasteiger partial charge in [-0.1, -0.05) is 127 Å². The Morgan fingerprint density at radius 3 is 1.50 bits per heavy atom. The van der Waals surface area contributed by atoms with Crippen molar-refractivity contribution in [3.63, 3.8) is 0 Å². The predicted octanol–water partition coefficient (Wildman–Crippen LogP) is 10.7. The van der Waals surface area contributed by atoms with Crippen LogP contribution in [-0.4, -0.2) is 19.9 Å². The van der Waals surface area contributed by atoms with Gasteiger partial charge in [-0.3, -0.25) is 0 Å². The van der Waals surface area contributed by atoms with Crippen LogP contribution in [0.3, 0.4) is 0 Å². The van der Waals surface area contributed by atoms with Crippen LogP contribution < -0.4 is 0 Å². The minimum absolute atomic E-state index is 0.641. The molecule has 6 aromatic carbocycles. The molecule has 0 atom stereocenters. The summed E-state index contributed by atoms with van der Waals surface area (Å²) >= 11 is 1.78. The highest BCUT2D eigenvalue weighted by Gasteiger charge is 2.17. The first-order valence-corrected chi connectivity index (χ1v) is 15.9. The van der Waals surface area contributed by atoms with Gasteiger partial charge in [0.1, 0.15) is 5.52 Å². The zero-order valence-corrected chi connectivity index (χ0v) is 25.3. The summed E-state index contributed by atoms with van der Waals surface area (Å²) in [6.45, 7) is 0. The molecule has 0 unspecified atom stereocenters. The molecular formula is C40H24N4OS. The van der Waals surface area contributed by atoms with Crippen LogP contribution in [0, 0.1) is 0 Å². The monoisotopic (exact) mass is 608 g/mol. The van der Waals surface area contributed by atoms with Gasteiger partial charge in [-0.15, -0.1) is 11.3 Å². The summed E-state index contributed by atoms with van der Waals surface area (Å²) in [6.07, 6.45) is 0. The maximum Gasteiger partial charge on any atom is 0.228 e. The van der Waals surface area contributed by atoms with E-state index < -0.39 is 0 Å². The second-order valence-electron chi connectivity index (χ2n) is 11.1. The van der Waals surface area contributed by atoms with Crippen molar-refractivity contribution in [3.8, 4) is 56.7 Å². The maximum absolute atomic E-state index is 6.18. The molecule has 0 fully saturated rings. The topological polar surface area (TPSA) is 64.7 Å². The minimum atomic E-state index is 0.641. The number of benzene rings is 6. The fraction of sp³-hybridized carbons (Fsp3) is 0. The number of thiophene rings is 1. The molecule has 9 rings (SSSR count). The third-order valence-electron chi connectivity index (χ3n) is 8.20. The van der Waals surface area contributed by atoms with Crippen molar-refractivity contribution < 1.29 is 4.42 Å². The van der Waals surface area contributed by atoms with E-state index in [1.54, 1.807) is 11.3 Å². The normalized spacial score (nSPS) is 11.5. The minimum Gasteiger partial charge on any atom is -0.436 e. The van der Waals surface area contributed by atoms with Crippen molar-refractivity contribution in [2.75, 3.05) is 0 Å². The van der Waals surface area contributed by atoms with Crippen LogP contribution in [0.25, 0.3) is 88.0 Å². The molecule has 0 spiro atoms. The highest BCUT2D eigenvalue weighted by molar-refractivity contribution is 7.26. The summed E-state index contributed by atoms with van der Waals surface area (Å²) in [5.74, 6) is 2.59. The molecule has 216 valence electrons. The van der Waals surface area contributed by atoms with Gasteiger partial charge in [0.25, 0.3) is 0 Å². The van der Waals surface area contributed by atoms with Gasteiger partial charge < -0.3 is 4.42 Å². The van der Waals surface area contributed by atoms with Crippen molar-refractivity contribution >= 4 is 42.6 Å². The number of hydrogen-bond donors (Lipinski definition) is 0. The summed E-state index contributed by atoms with van der Waals surface area (Å²) in [4.78, 5) is 19.4. The SMILES string of the molecule is c1ccc(-c2nc(-c3ccccc3)nc(-c3ccc(-c4cccc5c4sc4c(-c6nc7ccccc7o6)cccc45)cc3)n2)cc1. The van der Waals surface area contributed by atoms with E-state index in [4.69, 9.17) is 24.4 Å². The highest BCUT2D eigenvalue weighted by Crippen LogP contribution is 2.44. The second-order valence-corrected chi connectivity index (χ2v) is 12.1. The van der Waals surface area contributed by atoms with E-state index in [0.717, 1.165) is 38.9 Å². The van der Waals surface area contributed by atoms with Crippen LogP contribution in [0.2, 0.25) is 0 Å². The lowest BCUT2D eigenvalue weighted by atomic mass is 10.0. The average molecular weight is 609 g/mol. The van der Waals surface area contributed by atoms with Gasteiger partial charge in [-0.2, -0.15) is 0 Å². The summed E-state index contributed by atoms with van der Waals surface area (Å²) in [5.41, 5.74) is 7.81. The Bertz CT molecular complexity index is 2430. The van der Waals surface area contributed by atoms with Crippen molar-refractivity contribution in [2.45, 2.75) is 0 Å². The average Bonchev–Trinajstić information content (AvgIpc) is 3.74. The largest absolute Gasteiger partial charge is 0.436 e. The lowest BCUT2D eigenvalue weighted by Gasteiger charge is -2.09. The lowest BCUT2D eigenvalue weighted by molar-refractivity contribution is 0.621. The van der Waals surface area contributed by atoms with Crippen LogP contribution in [0.4, 0.5) is 0 Å². The van der Waals surface area contributed by atoms with Gasteiger partial charge in [0.15, 0.2) is 23.1 Å². The number of nitrogens with zero attached hydrogens (tertiary/aromatic N) is 4. The Morgan fingerprint density at radius 1 is 0.391 bits per heavy atom. The maximum atomic E-state index is 6.18. The first-order valence-electron chi connectivity index (χ1n) is 15.1. The van der Waals surface area contributed by atoms with Crippen LogP contribution in [0.5, 0.6) is 0 Å². The third-order valence-corrected chi connectivity index (χ3v) is 9.49. The van der Waals surface area contributed by atoms with Crippen molar-refractivity contribution in [3.05, 3.63) is 146 Å². The smallest absolute Gasteiger partial charge is 0.228 e. The van der Waals surface area contributed by atoms with E-state index in [1.807, 2.05) is 84.9 Å². The molecule has 3 heterocycles. The van der Waals surface area contributed by atoms with E-state index in [-0.39, 0.29) is 0 Å². The summed E-state index contributed by atoms with van der Waals surface area (Å²) in [6, 6.07) is 49.4. The number of fused-ring (bicyclic) bond motifs is 4. The van der Waals surface area contributed by atoms with Crippen molar-refractivity contribution in [1.82, 2.24) is 19.9 Å². The Labute approximate surface area is 268 Å². The quantitative estimate of drug-likeness (QED) is 0.194. The standard InChI is InChI=1S/C40H24N4OS/c1-3-11-26(12-4-1)37-42-38(27-13-5-2-6-14-27)44-39(43-37)28-23-21-25(22-24-28)29-15-9-16-30-31-17-10-18-32(36(31)46-35(29)30)40-41-33-19-7-8-20-34(33)45-40/h1-24H. The molecule has 0 N–H and O–H groups in total. The van der Waals surface area contributed by atoms with Gasteiger partial charge in [-0.05, 0) is 29.3 Å². The molecule has 9 aromatic rings. The molecule has 3 aromatic heterocycles. The molecule has 0 aliphatic carbocycles. The van der Waals surface area contributed by atoms with Crippen LogP contribution in [0.1, 0.15) is 0 Å². The van der Waals surface area contributed by atoms with E-state index in [2.05, 4.69) is 60.7 Å². The van der Waals surface area contributed by atoms with Gasteiger partial charge in [0.05, 0.1) is 5.56 Å². The number of aromatic nitrogens is 4. The molecule has 5 nitrogen and oxygen atoms in total. The van der Waals surface area contributed by atoms with Gasteiger partial charge in [-0.25, -0.2) is 19.9 Å². The summed E-state index contributed by atoms with van der Waals surface area (Å²) in [7, 11) is 0.